The molecule has 10 heteroatoms. The Kier molecular flexibility index (Phi) is 7.86. The molecule has 2 fully saturated rings. The molecule has 2 aliphatic heterocycles. The standard InChI is InChI=1S/C38H34N8O2/c47-35(21-27-5-1-15-39-23-27)45-17-3-7-33(45)37-41-29-13-11-25(19-31(29)43-37)9-10-26-12-14-30-32(20-26)44-38(42-30)34-8-4-18-46(34)36(48)22-28-6-2-16-40-24-28/h1-2,5-6,11-16,19-20,23-24,33-34H,3-4,7-8,17-18,21-22H2,(H,41,43)(H,42,44)/t33-,34-/m0/s1. The van der Waals surface area contributed by atoms with Gasteiger partial charge in [0.15, 0.2) is 0 Å². The third-order valence-corrected chi connectivity index (χ3v) is 9.29. The van der Waals surface area contributed by atoms with Crippen molar-refractivity contribution in [3.05, 3.63) is 119 Å². The summed E-state index contributed by atoms with van der Waals surface area (Å²) >= 11 is 0. The second-order valence-electron chi connectivity index (χ2n) is 12.5. The van der Waals surface area contributed by atoms with Gasteiger partial charge in [-0.3, -0.25) is 19.6 Å². The highest BCUT2D eigenvalue weighted by molar-refractivity contribution is 5.82. The molecule has 0 bridgehead atoms. The Labute approximate surface area is 277 Å². The predicted molar refractivity (Wildman–Crippen MR) is 181 cm³/mol. The molecule has 10 nitrogen and oxygen atoms in total. The summed E-state index contributed by atoms with van der Waals surface area (Å²) in [4.78, 5) is 55.2. The van der Waals surface area contributed by atoms with E-state index in [4.69, 9.17) is 9.97 Å². The maximum Gasteiger partial charge on any atom is 0.227 e. The van der Waals surface area contributed by atoms with Crippen molar-refractivity contribution >= 4 is 33.9 Å². The van der Waals surface area contributed by atoms with Crippen molar-refractivity contribution in [2.24, 2.45) is 0 Å². The minimum Gasteiger partial charge on any atom is -0.340 e. The van der Waals surface area contributed by atoms with Gasteiger partial charge in [0.2, 0.25) is 11.8 Å². The van der Waals surface area contributed by atoms with Crippen LogP contribution in [0.2, 0.25) is 0 Å². The molecule has 238 valence electrons. The molecule has 2 aliphatic rings. The quantitative estimate of drug-likeness (QED) is 0.235. The number of benzene rings is 2. The average Bonchev–Trinajstić information content (AvgIpc) is 3.93. The lowest BCUT2D eigenvalue weighted by Gasteiger charge is -2.23. The number of pyridine rings is 2. The molecule has 6 aromatic rings. The Balaban J connectivity index is 0.971. The molecule has 0 spiro atoms. The predicted octanol–water partition coefficient (Wildman–Crippen LogP) is 5.44. The Morgan fingerprint density at radius 3 is 1.60 bits per heavy atom. The SMILES string of the molecule is O=C(Cc1cccnc1)N1CCC[C@H]1c1nc2cc(C#Cc3ccc4[nH]c([C@@H]5CCCN5C(=O)Cc5cccnc5)nc4c3)ccc2[nH]1. The van der Waals surface area contributed by atoms with Crippen molar-refractivity contribution in [1.29, 1.82) is 0 Å². The first kappa shape index (κ1) is 29.6. The zero-order valence-corrected chi connectivity index (χ0v) is 26.4. The molecule has 4 aromatic heterocycles. The van der Waals surface area contributed by atoms with Gasteiger partial charge in [0.25, 0.3) is 0 Å². The summed E-state index contributed by atoms with van der Waals surface area (Å²) in [5, 5.41) is 0. The Hall–Kier alpha value is -5.82. The van der Waals surface area contributed by atoms with Crippen molar-refractivity contribution in [3.63, 3.8) is 0 Å². The van der Waals surface area contributed by atoms with Crippen LogP contribution in [-0.2, 0) is 22.4 Å². The van der Waals surface area contributed by atoms with Gasteiger partial charge in [-0.15, -0.1) is 0 Å². The zero-order valence-electron chi connectivity index (χ0n) is 26.4. The third kappa shape index (κ3) is 6.02. The van der Waals surface area contributed by atoms with Crippen molar-refractivity contribution in [1.82, 2.24) is 39.7 Å². The van der Waals surface area contributed by atoms with Gasteiger partial charge in [0.05, 0.1) is 47.0 Å². The number of hydrogen-bond acceptors (Lipinski definition) is 6. The van der Waals surface area contributed by atoms with Crippen molar-refractivity contribution in [2.75, 3.05) is 13.1 Å². The molecule has 48 heavy (non-hydrogen) atoms. The lowest BCUT2D eigenvalue weighted by Crippen LogP contribution is -2.32. The average molecular weight is 635 g/mol. The monoisotopic (exact) mass is 634 g/mol. The molecule has 6 heterocycles. The number of rotatable bonds is 6. The number of H-pyrrole nitrogens is 2. The first-order chi connectivity index (χ1) is 23.6. The largest absolute Gasteiger partial charge is 0.340 e. The summed E-state index contributed by atoms with van der Waals surface area (Å²) in [5.74, 6) is 8.38. The Bertz CT molecular complexity index is 2030. The fourth-order valence-electron chi connectivity index (χ4n) is 6.92. The van der Waals surface area contributed by atoms with Crippen molar-refractivity contribution in [3.8, 4) is 11.8 Å². The van der Waals surface area contributed by atoms with Crippen LogP contribution in [0.1, 0.15) is 71.7 Å². The number of carbonyl (C=O) groups excluding carboxylic acids is 2. The van der Waals surface area contributed by atoms with Crippen LogP contribution in [0.25, 0.3) is 22.1 Å². The topological polar surface area (TPSA) is 124 Å². The van der Waals surface area contributed by atoms with Crippen molar-refractivity contribution < 1.29 is 9.59 Å². The first-order valence-electron chi connectivity index (χ1n) is 16.5. The number of hydrogen-bond donors (Lipinski definition) is 2. The summed E-state index contributed by atoms with van der Waals surface area (Å²) in [6, 6.07) is 19.4. The maximum absolute atomic E-state index is 13.2. The number of fused-ring (bicyclic) bond motifs is 2. The van der Waals surface area contributed by atoms with E-state index < -0.39 is 0 Å². The second kappa shape index (κ2) is 12.8. The molecule has 0 unspecified atom stereocenters. The molecule has 2 amide bonds. The molecule has 2 saturated heterocycles. The van der Waals surface area contributed by atoms with E-state index in [-0.39, 0.29) is 23.9 Å². The minimum absolute atomic E-state index is 0.0721. The highest BCUT2D eigenvalue weighted by Crippen LogP contribution is 2.33. The number of likely N-dealkylation sites (tertiary alicyclic amines) is 2. The van der Waals surface area contributed by atoms with E-state index in [9.17, 15) is 9.59 Å². The number of nitrogens with zero attached hydrogens (tertiary/aromatic N) is 6. The summed E-state index contributed by atoms with van der Waals surface area (Å²) in [6.45, 7) is 1.45. The van der Waals surface area contributed by atoms with Crippen LogP contribution in [0.3, 0.4) is 0 Å². The summed E-state index contributed by atoms with van der Waals surface area (Å²) in [5.41, 5.74) is 7.04. The van der Waals surface area contributed by atoms with Crippen LogP contribution in [0.5, 0.6) is 0 Å². The molecular weight excluding hydrogens is 600 g/mol. The van der Waals surface area contributed by atoms with Crippen LogP contribution in [0.4, 0.5) is 0 Å². The number of amides is 2. The molecule has 8 rings (SSSR count). The molecule has 2 N–H and O–H groups in total. The van der Waals surface area contributed by atoms with E-state index in [1.807, 2.05) is 70.5 Å². The lowest BCUT2D eigenvalue weighted by atomic mass is 10.1. The fourth-order valence-corrected chi connectivity index (χ4v) is 6.92. The van der Waals surface area contributed by atoms with Gasteiger partial charge in [-0.2, -0.15) is 0 Å². The third-order valence-electron chi connectivity index (χ3n) is 9.29. The van der Waals surface area contributed by atoms with E-state index in [0.717, 1.165) is 94.7 Å². The molecule has 2 aromatic carbocycles. The molecule has 2 atom stereocenters. The van der Waals surface area contributed by atoms with E-state index in [1.54, 1.807) is 24.8 Å². The number of carbonyl (C=O) groups is 2. The number of aromatic amines is 2. The summed E-state index contributed by atoms with van der Waals surface area (Å²) in [6.07, 6.45) is 11.2. The number of nitrogens with one attached hydrogen (secondary N) is 2. The molecular formula is C38H34N8O2. The van der Waals surface area contributed by atoms with Crippen LogP contribution in [0.15, 0.2) is 85.5 Å². The maximum atomic E-state index is 13.2. The van der Waals surface area contributed by atoms with Crippen LogP contribution in [-0.4, -0.2) is 64.6 Å². The van der Waals surface area contributed by atoms with Gasteiger partial charge in [-0.1, -0.05) is 24.0 Å². The summed E-state index contributed by atoms with van der Waals surface area (Å²) in [7, 11) is 0. The second-order valence-corrected chi connectivity index (χ2v) is 12.5. The molecule has 0 radical (unpaired) electrons. The van der Waals surface area contributed by atoms with E-state index in [2.05, 4.69) is 31.8 Å². The van der Waals surface area contributed by atoms with Gasteiger partial charge in [-0.25, -0.2) is 9.97 Å². The van der Waals surface area contributed by atoms with Gasteiger partial charge < -0.3 is 19.8 Å². The van der Waals surface area contributed by atoms with Gasteiger partial charge in [-0.05, 0) is 85.3 Å². The lowest BCUT2D eigenvalue weighted by molar-refractivity contribution is -0.132. The fraction of sp³-hybridized carbons (Fsp3) is 0.263. The van der Waals surface area contributed by atoms with Crippen LogP contribution >= 0.6 is 0 Å². The highest BCUT2D eigenvalue weighted by Gasteiger charge is 2.33. The number of imidazole rings is 2. The highest BCUT2D eigenvalue weighted by atomic mass is 16.2. The number of aromatic nitrogens is 6. The normalized spacial score (nSPS) is 17.6. The zero-order chi connectivity index (χ0) is 32.5. The Morgan fingerprint density at radius 1 is 0.688 bits per heavy atom. The molecule has 0 saturated carbocycles. The smallest absolute Gasteiger partial charge is 0.227 e. The minimum atomic E-state index is -0.0721. The Morgan fingerprint density at radius 2 is 1.17 bits per heavy atom. The van der Waals surface area contributed by atoms with E-state index >= 15 is 0 Å². The summed E-state index contributed by atoms with van der Waals surface area (Å²) < 4.78 is 0. The van der Waals surface area contributed by atoms with Crippen LogP contribution < -0.4 is 0 Å². The van der Waals surface area contributed by atoms with Gasteiger partial charge >= 0.3 is 0 Å². The van der Waals surface area contributed by atoms with Gasteiger partial charge in [0.1, 0.15) is 11.6 Å². The first-order valence-corrected chi connectivity index (χ1v) is 16.5. The molecule has 0 aliphatic carbocycles. The van der Waals surface area contributed by atoms with Crippen molar-refractivity contribution in [2.45, 2.75) is 50.6 Å². The van der Waals surface area contributed by atoms with E-state index in [0.29, 0.717) is 12.8 Å². The van der Waals surface area contributed by atoms with E-state index in [1.165, 1.54) is 0 Å². The van der Waals surface area contributed by atoms with Crippen LogP contribution in [0, 0.1) is 11.8 Å². The van der Waals surface area contributed by atoms with Gasteiger partial charge in [0, 0.05) is 49.0 Å².